The molecule has 4 rings (SSSR count). The Morgan fingerprint density at radius 2 is 2.00 bits per heavy atom. The van der Waals surface area contributed by atoms with Crippen molar-refractivity contribution >= 4 is 11.7 Å². The number of benzene rings is 1. The van der Waals surface area contributed by atoms with Crippen LogP contribution in [0.2, 0.25) is 0 Å². The average molecular weight is 423 g/mol. The highest BCUT2D eigenvalue weighted by atomic mass is 16.3. The van der Waals surface area contributed by atoms with Gasteiger partial charge in [0.25, 0.3) is 5.91 Å². The van der Waals surface area contributed by atoms with Crippen molar-refractivity contribution in [2.75, 3.05) is 31.6 Å². The maximum Gasteiger partial charge on any atom is 0.253 e. The smallest absolute Gasteiger partial charge is 0.253 e. The van der Waals surface area contributed by atoms with Crippen LogP contribution >= 0.6 is 0 Å². The van der Waals surface area contributed by atoms with Crippen molar-refractivity contribution < 1.29 is 9.90 Å². The van der Waals surface area contributed by atoms with Crippen LogP contribution in [0.25, 0.3) is 0 Å². The van der Waals surface area contributed by atoms with E-state index < -0.39 is 6.10 Å². The molecule has 31 heavy (non-hydrogen) atoms. The molecule has 0 radical (unpaired) electrons. The van der Waals surface area contributed by atoms with Gasteiger partial charge in [-0.2, -0.15) is 0 Å². The summed E-state index contributed by atoms with van der Waals surface area (Å²) in [6.45, 7) is 5.07. The number of aliphatic hydroxyl groups excluding tert-OH is 1. The fourth-order valence-electron chi connectivity index (χ4n) is 4.54. The van der Waals surface area contributed by atoms with Crippen LogP contribution in [0.5, 0.6) is 0 Å². The number of carbonyl (C=O) groups is 1. The van der Waals surface area contributed by atoms with E-state index in [2.05, 4.69) is 33.4 Å². The first kappa shape index (κ1) is 21.8. The standard InChI is InChI=1S/C25H34N4O2/c1-18(30)17-28(2)24-9-8-22(16-26-24)25(31)27-15-19-6-7-20-10-12-29(23-4-3-5-23)13-11-21(20)14-19/h6-9,14,16,18,23,30H,3-5,10-13,15,17H2,1-2H3,(H,27,31). The lowest BCUT2D eigenvalue weighted by Gasteiger charge is -2.36. The van der Waals surface area contributed by atoms with E-state index in [1.54, 1.807) is 19.2 Å². The fourth-order valence-corrected chi connectivity index (χ4v) is 4.54. The summed E-state index contributed by atoms with van der Waals surface area (Å²) < 4.78 is 0. The van der Waals surface area contributed by atoms with E-state index in [9.17, 15) is 9.90 Å². The number of nitrogens with one attached hydrogen (secondary N) is 1. The minimum atomic E-state index is -0.433. The molecule has 1 aliphatic carbocycles. The second-order valence-electron chi connectivity index (χ2n) is 9.04. The van der Waals surface area contributed by atoms with Gasteiger partial charge in [0, 0.05) is 45.5 Å². The molecule has 0 bridgehead atoms. The molecule has 2 N–H and O–H groups in total. The molecule has 1 fully saturated rings. The van der Waals surface area contributed by atoms with Crippen LogP contribution in [0.3, 0.4) is 0 Å². The monoisotopic (exact) mass is 422 g/mol. The third-order valence-corrected chi connectivity index (χ3v) is 6.59. The third kappa shape index (κ3) is 5.43. The highest BCUT2D eigenvalue weighted by Gasteiger charge is 2.26. The van der Waals surface area contributed by atoms with Gasteiger partial charge in [-0.1, -0.05) is 24.6 Å². The molecule has 6 nitrogen and oxygen atoms in total. The number of anilines is 1. The summed E-state index contributed by atoms with van der Waals surface area (Å²) in [6.07, 6.45) is 7.49. The molecule has 1 amide bonds. The van der Waals surface area contributed by atoms with Crippen LogP contribution in [0.4, 0.5) is 5.82 Å². The Morgan fingerprint density at radius 3 is 2.65 bits per heavy atom. The van der Waals surface area contributed by atoms with Gasteiger partial charge in [-0.25, -0.2) is 4.98 Å². The number of aromatic nitrogens is 1. The number of aliphatic hydroxyl groups is 1. The largest absolute Gasteiger partial charge is 0.392 e. The molecule has 1 aliphatic heterocycles. The van der Waals surface area contributed by atoms with Crippen LogP contribution in [0.15, 0.2) is 36.5 Å². The molecule has 6 heteroatoms. The number of hydrogen-bond acceptors (Lipinski definition) is 5. The normalized spacial score (nSPS) is 17.9. The average Bonchev–Trinajstić information content (AvgIpc) is 2.93. The summed E-state index contributed by atoms with van der Waals surface area (Å²) in [7, 11) is 1.87. The van der Waals surface area contributed by atoms with Gasteiger partial charge < -0.3 is 15.3 Å². The number of pyridine rings is 1. The number of likely N-dealkylation sites (N-methyl/N-ethyl adjacent to an activating group) is 1. The van der Waals surface area contributed by atoms with Crippen LogP contribution in [-0.2, 0) is 19.4 Å². The molecule has 1 atom stereocenters. The van der Waals surface area contributed by atoms with Crippen LogP contribution in [-0.4, -0.2) is 59.7 Å². The Labute approximate surface area is 185 Å². The topological polar surface area (TPSA) is 68.7 Å². The predicted octanol–water partition coefficient (Wildman–Crippen LogP) is 2.78. The molecule has 1 saturated carbocycles. The van der Waals surface area contributed by atoms with E-state index in [-0.39, 0.29) is 5.91 Å². The van der Waals surface area contributed by atoms with Crippen LogP contribution in [0, 0.1) is 0 Å². The Balaban J connectivity index is 1.32. The van der Waals surface area contributed by atoms with E-state index in [0.29, 0.717) is 18.7 Å². The lowest BCUT2D eigenvalue weighted by atomic mass is 9.91. The van der Waals surface area contributed by atoms with Crippen molar-refractivity contribution in [3.63, 3.8) is 0 Å². The first-order valence-corrected chi connectivity index (χ1v) is 11.5. The second-order valence-corrected chi connectivity index (χ2v) is 9.04. The third-order valence-electron chi connectivity index (χ3n) is 6.59. The van der Waals surface area contributed by atoms with Gasteiger partial charge in [0.15, 0.2) is 0 Å². The van der Waals surface area contributed by atoms with Crippen molar-refractivity contribution in [1.29, 1.82) is 0 Å². The molecule has 1 unspecified atom stereocenters. The zero-order valence-electron chi connectivity index (χ0n) is 18.7. The number of carbonyl (C=O) groups excluding carboxylic acids is 1. The minimum Gasteiger partial charge on any atom is -0.392 e. The zero-order valence-corrected chi connectivity index (χ0v) is 18.7. The molecule has 2 aliphatic rings. The van der Waals surface area contributed by atoms with Crippen molar-refractivity contribution in [2.24, 2.45) is 0 Å². The van der Waals surface area contributed by atoms with Crippen molar-refractivity contribution in [3.8, 4) is 0 Å². The van der Waals surface area contributed by atoms with Crippen LogP contribution < -0.4 is 10.2 Å². The lowest BCUT2D eigenvalue weighted by molar-refractivity contribution is 0.0950. The van der Waals surface area contributed by atoms with E-state index in [0.717, 1.165) is 36.8 Å². The lowest BCUT2D eigenvalue weighted by Crippen LogP contribution is -2.41. The van der Waals surface area contributed by atoms with Gasteiger partial charge in [-0.05, 0) is 61.4 Å². The zero-order chi connectivity index (χ0) is 21.8. The van der Waals surface area contributed by atoms with Gasteiger partial charge in [0.1, 0.15) is 5.82 Å². The number of rotatable bonds is 7. The van der Waals surface area contributed by atoms with Crippen molar-refractivity contribution in [1.82, 2.24) is 15.2 Å². The molecule has 0 saturated heterocycles. The SMILES string of the molecule is CC(O)CN(C)c1ccc(C(=O)NCc2ccc3c(c2)CCN(C2CCC2)CC3)cn1. The summed E-state index contributed by atoms with van der Waals surface area (Å²) in [4.78, 5) is 21.5. The first-order valence-electron chi connectivity index (χ1n) is 11.5. The Kier molecular flexibility index (Phi) is 6.88. The summed E-state index contributed by atoms with van der Waals surface area (Å²) in [6, 6.07) is 11.1. The van der Waals surface area contributed by atoms with E-state index >= 15 is 0 Å². The molecule has 2 heterocycles. The molecular weight excluding hydrogens is 388 g/mol. The van der Waals surface area contributed by atoms with E-state index in [1.807, 2.05) is 18.0 Å². The highest BCUT2D eigenvalue weighted by molar-refractivity contribution is 5.94. The van der Waals surface area contributed by atoms with Gasteiger partial charge in [-0.3, -0.25) is 9.69 Å². The molecule has 1 aromatic carbocycles. The number of hydrogen-bond donors (Lipinski definition) is 2. The quantitative estimate of drug-likeness (QED) is 0.718. The molecule has 166 valence electrons. The Morgan fingerprint density at radius 1 is 1.23 bits per heavy atom. The molecule has 0 spiro atoms. The maximum absolute atomic E-state index is 12.6. The molecule has 1 aromatic heterocycles. The molecular formula is C25H34N4O2. The summed E-state index contributed by atoms with van der Waals surface area (Å²) in [5, 5.41) is 12.5. The van der Waals surface area contributed by atoms with Gasteiger partial charge in [-0.15, -0.1) is 0 Å². The fraction of sp³-hybridized carbons (Fsp3) is 0.520. The maximum atomic E-state index is 12.6. The van der Waals surface area contributed by atoms with E-state index in [4.69, 9.17) is 0 Å². The van der Waals surface area contributed by atoms with Crippen LogP contribution in [0.1, 0.15) is 53.2 Å². The first-order chi connectivity index (χ1) is 15.0. The predicted molar refractivity (Wildman–Crippen MR) is 123 cm³/mol. The van der Waals surface area contributed by atoms with Gasteiger partial charge in [0.05, 0.1) is 11.7 Å². The van der Waals surface area contributed by atoms with Gasteiger partial charge in [0.2, 0.25) is 0 Å². The summed E-state index contributed by atoms with van der Waals surface area (Å²) in [5.74, 6) is 0.613. The minimum absolute atomic E-state index is 0.122. The second kappa shape index (κ2) is 9.79. The Bertz CT molecular complexity index is 893. The molecule has 2 aromatic rings. The summed E-state index contributed by atoms with van der Waals surface area (Å²) in [5.41, 5.74) is 4.57. The van der Waals surface area contributed by atoms with E-state index in [1.165, 1.54) is 36.9 Å². The van der Waals surface area contributed by atoms with Crippen molar-refractivity contribution in [2.45, 2.75) is 57.7 Å². The number of amides is 1. The highest BCUT2D eigenvalue weighted by Crippen LogP contribution is 2.27. The number of fused-ring (bicyclic) bond motifs is 1. The van der Waals surface area contributed by atoms with Gasteiger partial charge >= 0.3 is 0 Å². The summed E-state index contributed by atoms with van der Waals surface area (Å²) >= 11 is 0. The van der Waals surface area contributed by atoms with Crippen molar-refractivity contribution in [3.05, 3.63) is 58.8 Å². The Hall–Kier alpha value is -2.44. The number of nitrogens with zero attached hydrogens (tertiary/aromatic N) is 3.